The van der Waals surface area contributed by atoms with Gasteiger partial charge in [-0.2, -0.15) is 0 Å². The highest BCUT2D eigenvalue weighted by molar-refractivity contribution is 5.49. The van der Waals surface area contributed by atoms with Gasteiger partial charge in [0.15, 0.2) is 0 Å². The quantitative estimate of drug-likeness (QED) is 0.638. The third-order valence-electron chi connectivity index (χ3n) is 1.84. The van der Waals surface area contributed by atoms with Crippen LogP contribution in [0.2, 0.25) is 0 Å². The molecule has 0 spiro atoms. The molecule has 0 saturated heterocycles. The number of allylic oxidation sites excluding steroid dienone is 1. The fourth-order valence-corrected chi connectivity index (χ4v) is 1.06. The van der Waals surface area contributed by atoms with E-state index in [0.29, 0.717) is 0 Å². The molecule has 0 aliphatic heterocycles. The Balaban J connectivity index is 0.00000144. The molecular formula is C13H20. The Morgan fingerprint density at radius 2 is 1.77 bits per heavy atom. The highest BCUT2D eigenvalue weighted by Gasteiger charge is 1.84. The number of hydrogen-bond acceptors (Lipinski definition) is 0. The lowest BCUT2D eigenvalue weighted by atomic mass is 10.1. The van der Waals surface area contributed by atoms with Crippen LogP contribution >= 0.6 is 0 Å². The smallest absolute Gasteiger partial charge is 0.0260 e. The van der Waals surface area contributed by atoms with E-state index in [1.54, 1.807) is 0 Å². The number of unbranched alkanes of at least 4 members (excludes halogenated alkanes) is 1. The summed E-state index contributed by atoms with van der Waals surface area (Å²) in [4.78, 5) is 0. The molecule has 13 heavy (non-hydrogen) atoms. The Bertz CT molecular complexity index is 241. The SMILES string of the molecule is C.CCC/C=C/c1ccc(C)cc1. The van der Waals surface area contributed by atoms with E-state index in [1.165, 1.54) is 24.0 Å². The summed E-state index contributed by atoms with van der Waals surface area (Å²) in [6, 6.07) is 8.60. The van der Waals surface area contributed by atoms with Gasteiger partial charge in [0, 0.05) is 0 Å². The largest absolute Gasteiger partial charge is 0.0840 e. The lowest BCUT2D eigenvalue weighted by Crippen LogP contribution is -1.73. The van der Waals surface area contributed by atoms with Gasteiger partial charge in [-0.3, -0.25) is 0 Å². The van der Waals surface area contributed by atoms with E-state index in [-0.39, 0.29) is 7.43 Å². The van der Waals surface area contributed by atoms with Crippen molar-refractivity contribution in [2.45, 2.75) is 34.1 Å². The first-order valence-corrected chi connectivity index (χ1v) is 4.56. The lowest BCUT2D eigenvalue weighted by Gasteiger charge is -1.93. The molecule has 0 heteroatoms. The molecule has 0 amide bonds. The van der Waals surface area contributed by atoms with Gasteiger partial charge >= 0.3 is 0 Å². The van der Waals surface area contributed by atoms with E-state index < -0.39 is 0 Å². The molecule has 1 aromatic rings. The average Bonchev–Trinajstić information content (AvgIpc) is 2.09. The van der Waals surface area contributed by atoms with Crippen LogP contribution in [0.25, 0.3) is 6.08 Å². The third kappa shape index (κ3) is 4.51. The van der Waals surface area contributed by atoms with Crippen molar-refractivity contribution in [3.05, 3.63) is 41.5 Å². The maximum absolute atomic E-state index is 2.23. The highest BCUT2D eigenvalue weighted by Crippen LogP contribution is 2.05. The first-order chi connectivity index (χ1) is 5.83. The van der Waals surface area contributed by atoms with Crippen molar-refractivity contribution < 1.29 is 0 Å². The molecule has 0 fully saturated rings. The molecule has 0 aromatic heterocycles. The van der Waals surface area contributed by atoms with Gasteiger partial charge in [-0.15, -0.1) is 0 Å². The minimum Gasteiger partial charge on any atom is -0.0840 e. The molecule has 0 N–H and O–H groups in total. The fraction of sp³-hybridized carbons (Fsp3) is 0.385. The predicted octanol–water partition coefficient (Wildman–Crippen LogP) is 4.44. The second-order valence-corrected chi connectivity index (χ2v) is 3.10. The molecule has 1 rings (SSSR count). The summed E-state index contributed by atoms with van der Waals surface area (Å²) < 4.78 is 0. The molecule has 0 nitrogen and oxygen atoms in total. The van der Waals surface area contributed by atoms with Crippen LogP contribution in [0.15, 0.2) is 30.3 Å². The molecule has 1 aromatic carbocycles. The van der Waals surface area contributed by atoms with Crippen molar-refractivity contribution in [2.24, 2.45) is 0 Å². The summed E-state index contributed by atoms with van der Waals surface area (Å²) in [7, 11) is 0. The van der Waals surface area contributed by atoms with E-state index in [4.69, 9.17) is 0 Å². The fourth-order valence-electron chi connectivity index (χ4n) is 1.06. The van der Waals surface area contributed by atoms with Crippen molar-refractivity contribution in [3.8, 4) is 0 Å². The van der Waals surface area contributed by atoms with Crippen molar-refractivity contribution >= 4 is 6.08 Å². The molecule has 72 valence electrons. The van der Waals surface area contributed by atoms with Crippen molar-refractivity contribution in [3.63, 3.8) is 0 Å². The van der Waals surface area contributed by atoms with Crippen molar-refractivity contribution in [2.75, 3.05) is 0 Å². The molecule has 0 atom stereocenters. The van der Waals surface area contributed by atoms with Crippen LogP contribution in [0, 0.1) is 6.92 Å². The Morgan fingerprint density at radius 1 is 1.15 bits per heavy atom. The molecule has 0 heterocycles. The van der Waals surface area contributed by atoms with Crippen molar-refractivity contribution in [1.82, 2.24) is 0 Å². The van der Waals surface area contributed by atoms with Gasteiger partial charge in [-0.25, -0.2) is 0 Å². The first kappa shape index (κ1) is 12.0. The van der Waals surface area contributed by atoms with Gasteiger partial charge < -0.3 is 0 Å². The topological polar surface area (TPSA) is 0 Å². The number of benzene rings is 1. The zero-order chi connectivity index (χ0) is 8.81. The van der Waals surface area contributed by atoms with Crippen molar-refractivity contribution in [1.29, 1.82) is 0 Å². The van der Waals surface area contributed by atoms with Gasteiger partial charge in [0.25, 0.3) is 0 Å². The van der Waals surface area contributed by atoms with Gasteiger partial charge in [0.2, 0.25) is 0 Å². The number of hydrogen-bond donors (Lipinski definition) is 0. The lowest BCUT2D eigenvalue weighted by molar-refractivity contribution is 0.962. The van der Waals surface area contributed by atoms with E-state index in [9.17, 15) is 0 Å². The molecule has 0 unspecified atom stereocenters. The number of rotatable bonds is 3. The Morgan fingerprint density at radius 3 is 2.31 bits per heavy atom. The van der Waals surface area contributed by atoms with E-state index in [1.807, 2.05) is 0 Å². The predicted molar refractivity (Wildman–Crippen MR) is 61.9 cm³/mol. The Kier molecular flexibility index (Phi) is 5.96. The average molecular weight is 176 g/mol. The second-order valence-electron chi connectivity index (χ2n) is 3.10. The summed E-state index contributed by atoms with van der Waals surface area (Å²) >= 11 is 0. The van der Waals surface area contributed by atoms with Crippen LogP contribution in [0.3, 0.4) is 0 Å². The van der Waals surface area contributed by atoms with E-state index in [0.717, 1.165) is 0 Å². The molecule has 0 radical (unpaired) electrons. The molecule has 0 bridgehead atoms. The summed E-state index contributed by atoms with van der Waals surface area (Å²) in [5.41, 5.74) is 2.62. The Hall–Kier alpha value is -1.04. The zero-order valence-corrected chi connectivity index (χ0v) is 7.88. The van der Waals surface area contributed by atoms with Gasteiger partial charge in [0.05, 0.1) is 0 Å². The standard InChI is InChI=1S/C12H16.CH4/c1-3-4-5-6-12-9-7-11(2)8-10-12;/h5-10H,3-4H2,1-2H3;1H4/b6-5+;. The summed E-state index contributed by atoms with van der Waals surface area (Å²) in [6.45, 7) is 4.30. The molecule has 0 aliphatic carbocycles. The molecule has 0 aliphatic rings. The minimum atomic E-state index is 0. The van der Waals surface area contributed by atoms with Crippen LogP contribution in [-0.2, 0) is 0 Å². The summed E-state index contributed by atoms with van der Waals surface area (Å²) in [5, 5.41) is 0. The number of aryl methyl sites for hydroxylation is 1. The monoisotopic (exact) mass is 176 g/mol. The van der Waals surface area contributed by atoms with Gasteiger partial charge in [0.1, 0.15) is 0 Å². The van der Waals surface area contributed by atoms with Crippen LogP contribution < -0.4 is 0 Å². The normalized spacial score (nSPS) is 10.0. The Labute approximate surface area is 82.3 Å². The maximum Gasteiger partial charge on any atom is -0.0260 e. The first-order valence-electron chi connectivity index (χ1n) is 4.56. The van der Waals surface area contributed by atoms with Gasteiger partial charge in [-0.05, 0) is 18.9 Å². The molecule has 0 saturated carbocycles. The summed E-state index contributed by atoms with van der Waals surface area (Å²) in [5.74, 6) is 0. The van der Waals surface area contributed by atoms with E-state index in [2.05, 4.69) is 50.3 Å². The minimum absolute atomic E-state index is 0. The zero-order valence-electron chi connectivity index (χ0n) is 7.88. The van der Waals surface area contributed by atoms with Crippen LogP contribution in [0.1, 0.15) is 38.3 Å². The van der Waals surface area contributed by atoms with Crippen LogP contribution in [-0.4, -0.2) is 0 Å². The third-order valence-corrected chi connectivity index (χ3v) is 1.84. The van der Waals surface area contributed by atoms with Crippen LogP contribution in [0.4, 0.5) is 0 Å². The maximum atomic E-state index is 2.23. The van der Waals surface area contributed by atoms with E-state index >= 15 is 0 Å². The molecular weight excluding hydrogens is 156 g/mol. The van der Waals surface area contributed by atoms with Crippen LogP contribution in [0.5, 0.6) is 0 Å². The second kappa shape index (κ2) is 6.47. The highest BCUT2D eigenvalue weighted by atomic mass is 13.9. The van der Waals surface area contributed by atoms with Gasteiger partial charge in [-0.1, -0.05) is 62.8 Å². The summed E-state index contributed by atoms with van der Waals surface area (Å²) in [6.07, 6.45) is 6.81.